The predicted octanol–water partition coefficient (Wildman–Crippen LogP) is 5.73. The molecule has 4 aromatic rings. The van der Waals surface area contributed by atoms with Gasteiger partial charge in [0.05, 0.1) is 0 Å². The standard InChI is InChI=1S/C31H30N2O3/c1-23(34)32-28(31(35)36)19-11-12-20-33-29(25-15-7-3-8-16-25)21-27(24-13-5-2-6-14-24)22-30(33)26-17-9-4-10-18-26/h2-10,13-18,21-22,28H,11-12,19-20H2,1H3,(H-,32,34,35,36)/p+1. The summed E-state index contributed by atoms with van der Waals surface area (Å²) in [5, 5.41) is 12.0. The molecular weight excluding hydrogens is 448 g/mol. The Morgan fingerprint density at radius 2 is 1.19 bits per heavy atom. The quantitative estimate of drug-likeness (QED) is 0.225. The lowest BCUT2D eigenvalue weighted by molar-refractivity contribution is -0.675. The first-order valence-electron chi connectivity index (χ1n) is 12.3. The second kappa shape index (κ2) is 11.9. The second-order valence-electron chi connectivity index (χ2n) is 8.85. The van der Waals surface area contributed by atoms with Crippen molar-refractivity contribution in [1.82, 2.24) is 5.32 Å². The summed E-state index contributed by atoms with van der Waals surface area (Å²) < 4.78 is 2.32. The van der Waals surface area contributed by atoms with Crippen LogP contribution >= 0.6 is 0 Å². The molecule has 5 heteroatoms. The summed E-state index contributed by atoms with van der Waals surface area (Å²) in [5.74, 6) is -1.33. The number of carbonyl (C=O) groups is 2. The van der Waals surface area contributed by atoms with Crippen LogP contribution in [0.3, 0.4) is 0 Å². The van der Waals surface area contributed by atoms with Crippen LogP contribution in [-0.4, -0.2) is 23.0 Å². The SMILES string of the molecule is CC(=O)NC(CCCC[n+]1c(-c2ccccc2)cc(-c2ccccc2)cc1-c1ccccc1)C(=O)O. The zero-order valence-electron chi connectivity index (χ0n) is 20.4. The van der Waals surface area contributed by atoms with Crippen molar-refractivity contribution in [3.05, 3.63) is 103 Å². The smallest absolute Gasteiger partial charge is 0.326 e. The number of hydrogen-bond donors (Lipinski definition) is 2. The van der Waals surface area contributed by atoms with Gasteiger partial charge in [0.15, 0.2) is 0 Å². The highest BCUT2D eigenvalue weighted by atomic mass is 16.4. The minimum Gasteiger partial charge on any atom is -0.480 e. The number of hydrogen-bond acceptors (Lipinski definition) is 2. The fourth-order valence-electron chi connectivity index (χ4n) is 4.48. The van der Waals surface area contributed by atoms with Crippen molar-refractivity contribution >= 4 is 11.9 Å². The number of unbranched alkanes of at least 4 members (excludes halogenated alkanes) is 1. The number of carboxylic acid groups (broad SMARTS) is 1. The molecule has 1 aromatic heterocycles. The summed E-state index contributed by atoms with van der Waals surface area (Å²) in [6.45, 7) is 2.06. The lowest BCUT2D eigenvalue weighted by Crippen LogP contribution is -2.41. The van der Waals surface area contributed by atoms with Gasteiger partial charge in [-0.2, -0.15) is 4.57 Å². The van der Waals surface area contributed by atoms with Crippen molar-refractivity contribution in [2.24, 2.45) is 0 Å². The third kappa shape index (κ3) is 6.25. The van der Waals surface area contributed by atoms with E-state index in [1.165, 1.54) is 6.92 Å². The molecule has 0 aliphatic rings. The van der Waals surface area contributed by atoms with Gasteiger partial charge in [0.25, 0.3) is 0 Å². The Balaban J connectivity index is 1.73. The van der Waals surface area contributed by atoms with Crippen LogP contribution in [0.5, 0.6) is 0 Å². The van der Waals surface area contributed by atoms with Crippen LogP contribution in [0.2, 0.25) is 0 Å². The topological polar surface area (TPSA) is 70.3 Å². The lowest BCUT2D eigenvalue weighted by Gasteiger charge is -2.14. The van der Waals surface area contributed by atoms with Crippen LogP contribution in [0.15, 0.2) is 103 Å². The number of benzene rings is 3. The number of rotatable bonds is 10. The van der Waals surface area contributed by atoms with Crippen molar-refractivity contribution < 1.29 is 19.3 Å². The van der Waals surface area contributed by atoms with Gasteiger partial charge in [0.1, 0.15) is 12.6 Å². The van der Waals surface area contributed by atoms with Crippen molar-refractivity contribution in [2.45, 2.75) is 38.8 Å². The van der Waals surface area contributed by atoms with E-state index >= 15 is 0 Å². The lowest BCUT2D eigenvalue weighted by atomic mass is 9.98. The van der Waals surface area contributed by atoms with Gasteiger partial charge in [-0.05, 0) is 48.2 Å². The Bertz CT molecular complexity index is 1250. The molecule has 0 radical (unpaired) electrons. The largest absolute Gasteiger partial charge is 0.480 e. The highest BCUT2D eigenvalue weighted by Crippen LogP contribution is 2.29. The van der Waals surface area contributed by atoms with E-state index in [1.807, 2.05) is 42.5 Å². The molecule has 1 heterocycles. The first-order valence-corrected chi connectivity index (χ1v) is 12.3. The molecule has 0 spiro atoms. The highest BCUT2D eigenvalue weighted by Gasteiger charge is 2.23. The maximum atomic E-state index is 11.5. The number of carboxylic acids is 1. The van der Waals surface area contributed by atoms with Crippen LogP contribution in [0, 0.1) is 0 Å². The van der Waals surface area contributed by atoms with E-state index in [-0.39, 0.29) is 5.91 Å². The van der Waals surface area contributed by atoms with Gasteiger partial charge in [-0.1, -0.05) is 66.7 Å². The number of carbonyl (C=O) groups excluding carboxylic acids is 1. The van der Waals surface area contributed by atoms with E-state index in [9.17, 15) is 14.7 Å². The van der Waals surface area contributed by atoms with Gasteiger partial charge in [0, 0.05) is 36.6 Å². The molecule has 5 nitrogen and oxygen atoms in total. The monoisotopic (exact) mass is 479 g/mol. The zero-order valence-corrected chi connectivity index (χ0v) is 20.4. The van der Waals surface area contributed by atoms with Gasteiger partial charge < -0.3 is 10.4 Å². The summed E-state index contributed by atoms with van der Waals surface area (Å²) in [5.41, 5.74) is 6.74. The molecule has 0 fully saturated rings. The molecule has 1 amide bonds. The maximum Gasteiger partial charge on any atom is 0.326 e. The minimum absolute atomic E-state index is 0.328. The van der Waals surface area contributed by atoms with Gasteiger partial charge in [-0.15, -0.1) is 0 Å². The molecule has 1 atom stereocenters. The molecule has 1 unspecified atom stereocenters. The van der Waals surface area contributed by atoms with E-state index in [2.05, 4.69) is 70.5 Å². The average Bonchev–Trinajstić information content (AvgIpc) is 2.91. The van der Waals surface area contributed by atoms with E-state index in [0.717, 1.165) is 46.6 Å². The fraction of sp³-hybridized carbons (Fsp3) is 0.194. The van der Waals surface area contributed by atoms with Crippen LogP contribution < -0.4 is 9.88 Å². The Morgan fingerprint density at radius 1 is 0.722 bits per heavy atom. The summed E-state index contributed by atoms with van der Waals surface area (Å²) in [6, 6.07) is 34.6. The number of pyridine rings is 1. The van der Waals surface area contributed by atoms with E-state index < -0.39 is 12.0 Å². The predicted molar refractivity (Wildman–Crippen MR) is 142 cm³/mol. The van der Waals surface area contributed by atoms with E-state index in [1.54, 1.807) is 0 Å². The second-order valence-corrected chi connectivity index (χ2v) is 8.85. The number of aromatic nitrogens is 1. The Labute approximate surface area is 212 Å². The van der Waals surface area contributed by atoms with Crippen molar-refractivity contribution in [2.75, 3.05) is 0 Å². The fourth-order valence-corrected chi connectivity index (χ4v) is 4.48. The first kappa shape index (κ1) is 24.9. The van der Waals surface area contributed by atoms with Gasteiger partial charge in [-0.25, -0.2) is 4.79 Å². The van der Waals surface area contributed by atoms with E-state index in [4.69, 9.17) is 0 Å². The molecule has 3 aromatic carbocycles. The zero-order chi connectivity index (χ0) is 25.3. The van der Waals surface area contributed by atoms with Crippen molar-refractivity contribution in [1.29, 1.82) is 0 Å². The first-order chi connectivity index (χ1) is 17.5. The molecular formula is C31H31N2O3+. The molecule has 0 saturated heterocycles. The van der Waals surface area contributed by atoms with Gasteiger partial charge >= 0.3 is 5.97 Å². The molecule has 0 bridgehead atoms. The Hall–Kier alpha value is -4.25. The highest BCUT2D eigenvalue weighted by molar-refractivity contribution is 5.82. The van der Waals surface area contributed by atoms with Gasteiger partial charge in [-0.3, -0.25) is 4.79 Å². The third-order valence-corrected chi connectivity index (χ3v) is 6.21. The van der Waals surface area contributed by atoms with Crippen LogP contribution in [-0.2, 0) is 16.1 Å². The molecule has 36 heavy (non-hydrogen) atoms. The maximum absolute atomic E-state index is 11.5. The Morgan fingerprint density at radius 3 is 1.64 bits per heavy atom. The van der Waals surface area contributed by atoms with Crippen molar-refractivity contribution in [3.63, 3.8) is 0 Å². The normalized spacial score (nSPS) is 11.6. The molecule has 0 aliphatic heterocycles. The molecule has 182 valence electrons. The summed E-state index contributed by atoms with van der Waals surface area (Å²) in [6.07, 6.45) is 1.84. The summed E-state index contributed by atoms with van der Waals surface area (Å²) >= 11 is 0. The number of aliphatic carboxylic acids is 1. The molecule has 0 aliphatic carbocycles. The van der Waals surface area contributed by atoms with Crippen molar-refractivity contribution in [3.8, 4) is 33.6 Å². The van der Waals surface area contributed by atoms with Gasteiger partial charge in [0.2, 0.25) is 17.3 Å². The van der Waals surface area contributed by atoms with Crippen LogP contribution in [0.4, 0.5) is 0 Å². The van der Waals surface area contributed by atoms with E-state index in [0.29, 0.717) is 12.8 Å². The third-order valence-electron chi connectivity index (χ3n) is 6.21. The number of amides is 1. The summed E-state index contributed by atoms with van der Waals surface area (Å²) in [7, 11) is 0. The Kier molecular flexibility index (Phi) is 8.24. The molecule has 0 saturated carbocycles. The summed E-state index contributed by atoms with van der Waals surface area (Å²) in [4.78, 5) is 22.9. The van der Waals surface area contributed by atoms with Crippen LogP contribution in [0.1, 0.15) is 26.2 Å². The molecule has 2 N–H and O–H groups in total. The minimum atomic E-state index is -1.000. The average molecular weight is 480 g/mol. The van der Waals surface area contributed by atoms with Crippen LogP contribution in [0.25, 0.3) is 33.6 Å². The molecule has 4 rings (SSSR count). The number of nitrogens with one attached hydrogen (secondary N) is 1. The number of nitrogens with zero attached hydrogens (tertiary/aromatic N) is 1.